The first-order valence-electron chi connectivity index (χ1n) is 4.21. The maximum Gasteiger partial charge on any atom is -0.0139 e. The van der Waals surface area contributed by atoms with Crippen LogP contribution < -0.4 is 0 Å². The number of allylic oxidation sites excluding steroid dienone is 3. The molecule has 1 fully saturated rings. The molecule has 0 saturated heterocycles. The molecule has 0 spiro atoms. The van der Waals surface area contributed by atoms with Gasteiger partial charge in [-0.25, -0.2) is 0 Å². The molecule has 0 radical (unpaired) electrons. The van der Waals surface area contributed by atoms with Crippen LogP contribution in [0.25, 0.3) is 0 Å². The van der Waals surface area contributed by atoms with E-state index in [1.165, 1.54) is 19.3 Å². The number of hydrogen-bond acceptors (Lipinski definition) is 0. The largest absolute Gasteiger partial charge is 0.103 e. The van der Waals surface area contributed by atoms with Crippen LogP contribution in [0.3, 0.4) is 0 Å². The van der Waals surface area contributed by atoms with Crippen molar-refractivity contribution >= 4 is 0 Å². The highest BCUT2D eigenvalue weighted by Crippen LogP contribution is 2.44. The van der Waals surface area contributed by atoms with Crippen LogP contribution in [-0.2, 0) is 0 Å². The molecule has 0 N–H and O–H groups in total. The second-order valence-electron chi connectivity index (χ2n) is 3.50. The van der Waals surface area contributed by atoms with Gasteiger partial charge in [-0.15, -0.1) is 6.58 Å². The molecule has 2 rings (SSSR count). The lowest BCUT2D eigenvalue weighted by Crippen LogP contribution is -1.95. The molecular weight excluding hydrogens is 120 g/mol. The van der Waals surface area contributed by atoms with E-state index in [0.29, 0.717) is 0 Å². The zero-order valence-corrected chi connectivity index (χ0v) is 6.34. The second kappa shape index (κ2) is 2.26. The van der Waals surface area contributed by atoms with Crippen molar-refractivity contribution in [2.75, 3.05) is 0 Å². The van der Waals surface area contributed by atoms with E-state index in [4.69, 9.17) is 0 Å². The SMILES string of the molecule is C=CCC1=CC2CC[C@H]1C2. The van der Waals surface area contributed by atoms with E-state index < -0.39 is 0 Å². The zero-order chi connectivity index (χ0) is 6.97. The van der Waals surface area contributed by atoms with Gasteiger partial charge >= 0.3 is 0 Å². The summed E-state index contributed by atoms with van der Waals surface area (Å²) in [6, 6.07) is 0. The monoisotopic (exact) mass is 134 g/mol. The Bertz CT molecular complexity index is 176. The summed E-state index contributed by atoms with van der Waals surface area (Å²) in [5.74, 6) is 1.89. The van der Waals surface area contributed by atoms with Crippen LogP contribution in [-0.4, -0.2) is 0 Å². The number of rotatable bonds is 2. The second-order valence-corrected chi connectivity index (χ2v) is 3.50. The van der Waals surface area contributed by atoms with Crippen molar-refractivity contribution < 1.29 is 0 Å². The van der Waals surface area contributed by atoms with Crippen LogP contribution >= 0.6 is 0 Å². The zero-order valence-electron chi connectivity index (χ0n) is 6.34. The summed E-state index contributed by atoms with van der Waals surface area (Å²) in [7, 11) is 0. The highest BCUT2D eigenvalue weighted by Gasteiger charge is 2.31. The molecule has 0 aromatic carbocycles. The van der Waals surface area contributed by atoms with Gasteiger partial charge in [0.1, 0.15) is 0 Å². The van der Waals surface area contributed by atoms with Gasteiger partial charge in [0.2, 0.25) is 0 Å². The van der Waals surface area contributed by atoms with Gasteiger partial charge in [0.25, 0.3) is 0 Å². The molecule has 2 bridgehead atoms. The van der Waals surface area contributed by atoms with Gasteiger partial charge in [-0.1, -0.05) is 17.7 Å². The van der Waals surface area contributed by atoms with Crippen LogP contribution in [0.5, 0.6) is 0 Å². The van der Waals surface area contributed by atoms with Crippen molar-refractivity contribution in [3.63, 3.8) is 0 Å². The summed E-state index contributed by atoms with van der Waals surface area (Å²) < 4.78 is 0. The molecule has 54 valence electrons. The first-order valence-corrected chi connectivity index (χ1v) is 4.21. The lowest BCUT2D eigenvalue weighted by atomic mass is 9.96. The van der Waals surface area contributed by atoms with E-state index >= 15 is 0 Å². The van der Waals surface area contributed by atoms with Gasteiger partial charge < -0.3 is 0 Å². The quantitative estimate of drug-likeness (QED) is 0.509. The van der Waals surface area contributed by atoms with Crippen molar-refractivity contribution in [3.05, 3.63) is 24.3 Å². The third kappa shape index (κ3) is 0.828. The summed E-state index contributed by atoms with van der Waals surface area (Å²) in [6.07, 6.45) is 10.0. The lowest BCUT2D eigenvalue weighted by Gasteiger charge is -2.09. The van der Waals surface area contributed by atoms with Crippen molar-refractivity contribution in [1.29, 1.82) is 0 Å². The van der Waals surface area contributed by atoms with Crippen LogP contribution in [0.15, 0.2) is 24.3 Å². The summed E-state index contributed by atoms with van der Waals surface area (Å²) in [6.45, 7) is 3.77. The lowest BCUT2D eigenvalue weighted by molar-refractivity contribution is 0.645. The predicted octanol–water partition coefficient (Wildman–Crippen LogP) is 2.92. The normalized spacial score (nSPS) is 36.2. The van der Waals surface area contributed by atoms with Crippen molar-refractivity contribution in [3.8, 4) is 0 Å². The fraction of sp³-hybridized carbons (Fsp3) is 0.600. The van der Waals surface area contributed by atoms with Gasteiger partial charge in [-0.2, -0.15) is 0 Å². The molecule has 2 aliphatic rings. The van der Waals surface area contributed by atoms with Crippen LogP contribution in [0, 0.1) is 11.8 Å². The smallest absolute Gasteiger partial charge is 0.0139 e. The maximum absolute atomic E-state index is 3.77. The Morgan fingerprint density at radius 2 is 2.50 bits per heavy atom. The Morgan fingerprint density at radius 1 is 1.60 bits per heavy atom. The van der Waals surface area contributed by atoms with Gasteiger partial charge in [0.05, 0.1) is 0 Å². The minimum absolute atomic E-state index is 0.944. The van der Waals surface area contributed by atoms with Gasteiger partial charge in [0, 0.05) is 0 Å². The molecule has 0 aromatic rings. The van der Waals surface area contributed by atoms with Gasteiger partial charge in [0.15, 0.2) is 0 Å². The van der Waals surface area contributed by atoms with E-state index in [1.54, 1.807) is 5.57 Å². The van der Waals surface area contributed by atoms with Gasteiger partial charge in [-0.05, 0) is 37.5 Å². The molecule has 0 aromatic heterocycles. The van der Waals surface area contributed by atoms with E-state index in [9.17, 15) is 0 Å². The Labute approximate surface area is 62.6 Å². The van der Waals surface area contributed by atoms with E-state index in [2.05, 4.69) is 12.7 Å². The Kier molecular flexibility index (Phi) is 1.40. The Hall–Kier alpha value is -0.520. The molecular formula is C10H14. The Balaban J connectivity index is 2.10. The molecule has 0 aliphatic heterocycles. The molecule has 0 heterocycles. The van der Waals surface area contributed by atoms with E-state index in [0.717, 1.165) is 18.3 Å². The topological polar surface area (TPSA) is 0 Å². The van der Waals surface area contributed by atoms with E-state index in [-0.39, 0.29) is 0 Å². The van der Waals surface area contributed by atoms with Crippen molar-refractivity contribution in [2.24, 2.45) is 11.8 Å². The van der Waals surface area contributed by atoms with E-state index in [1.807, 2.05) is 6.08 Å². The molecule has 0 heteroatoms. The number of hydrogen-bond donors (Lipinski definition) is 0. The third-order valence-electron chi connectivity index (χ3n) is 2.83. The van der Waals surface area contributed by atoms with Crippen LogP contribution in [0.1, 0.15) is 25.7 Å². The summed E-state index contributed by atoms with van der Waals surface area (Å²) in [4.78, 5) is 0. The fourth-order valence-corrected chi connectivity index (χ4v) is 2.34. The average Bonchev–Trinajstić information content (AvgIpc) is 2.48. The molecule has 1 saturated carbocycles. The average molecular weight is 134 g/mol. The minimum atomic E-state index is 0.944. The standard InChI is InChI=1S/C10H14/c1-2-3-9-6-8-4-5-10(9)7-8/h2,6,8,10H,1,3-5,7H2/t8?,10-/m0/s1. The predicted molar refractivity (Wildman–Crippen MR) is 43.7 cm³/mol. The third-order valence-corrected chi connectivity index (χ3v) is 2.83. The summed E-state index contributed by atoms with van der Waals surface area (Å²) in [5, 5.41) is 0. The highest BCUT2D eigenvalue weighted by atomic mass is 14.4. The highest BCUT2D eigenvalue weighted by molar-refractivity contribution is 5.21. The molecule has 0 nitrogen and oxygen atoms in total. The molecule has 2 aliphatic carbocycles. The fourth-order valence-electron chi connectivity index (χ4n) is 2.34. The molecule has 2 atom stereocenters. The minimum Gasteiger partial charge on any atom is -0.103 e. The maximum atomic E-state index is 3.77. The Morgan fingerprint density at radius 3 is 3.00 bits per heavy atom. The van der Waals surface area contributed by atoms with Crippen LogP contribution in [0.4, 0.5) is 0 Å². The first kappa shape index (κ1) is 6.21. The van der Waals surface area contributed by atoms with Crippen molar-refractivity contribution in [1.82, 2.24) is 0 Å². The van der Waals surface area contributed by atoms with Gasteiger partial charge in [-0.3, -0.25) is 0 Å². The first-order chi connectivity index (χ1) is 4.90. The molecule has 0 amide bonds. The van der Waals surface area contributed by atoms with Crippen molar-refractivity contribution in [2.45, 2.75) is 25.7 Å². The summed E-state index contributed by atoms with van der Waals surface area (Å²) in [5.41, 5.74) is 1.67. The number of fused-ring (bicyclic) bond motifs is 2. The van der Waals surface area contributed by atoms with Crippen LogP contribution in [0.2, 0.25) is 0 Å². The summed E-state index contributed by atoms with van der Waals surface area (Å²) >= 11 is 0. The molecule has 10 heavy (non-hydrogen) atoms. The molecule has 1 unspecified atom stereocenters.